The first-order valence-electron chi connectivity index (χ1n) is 8.72. The van der Waals surface area contributed by atoms with Crippen LogP contribution in [-0.4, -0.2) is 10.9 Å². The number of benzene rings is 1. The molecule has 2 aromatic rings. The van der Waals surface area contributed by atoms with Gasteiger partial charge in [-0.05, 0) is 72.7 Å². The van der Waals surface area contributed by atoms with E-state index in [1.54, 1.807) is 18.5 Å². The van der Waals surface area contributed by atoms with Crippen LogP contribution in [0.3, 0.4) is 0 Å². The van der Waals surface area contributed by atoms with Crippen molar-refractivity contribution in [1.82, 2.24) is 4.98 Å². The van der Waals surface area contributed by atoms with Crippen molar-refractivity contribution < 1.29 is 4.79 Å². The number of aryl methyl sites for hydroxylation is 1. The Morgan fingerprint density at radius 1 is 1.12 bits per heavy atom. The Labute approximate surface area is 143 Å². The van der Waals surface area contributed by atoms with Gasteiger partial charge in [0.25, 0.3) is 0 Å². The lowest BCUT2D eigenvalue weighted by Crippen LogP contribution is -2.10. The SMILES string of the molecule is Cc1cc(NC(=O)/C=C/C2CCCCC2)ccc1-c1ccncc1. The largest absolute Gasteiger partial charge is 0.323 e. The molecule has 0 saturated heterocycles. The third-order valence-corrected chi connectivity index (χ3v) is 4.65. The highest BCUT2D eigenvalue weighted by molar-refractivity contribution is 5.99. The molecule has 124 valence electrons. The highest BCUT2D eigenvalue weighted by atomic mass is 16.1. The van der Waals surface area contributed by atoms with Crippen LogP contribution in [-0.2, 0) is 4.79 Å². The van der Waals surface area contributed by atoms with Gasteiger partial charge in [-0.2, -0.15) is 0 Å². The third kappa shape index (κ3) is 4.31. The van der Waals surface area contributed by atoms with E-state index < -0.39 is 0 Å². The van der Waals surface area contributed by atoms with Crippen LogP contribution in [0.5, 0.6) is 0 Å². The first-order valence-corrected chi connectivity index (χ1v) is 8.72. The minimum absolute atomic E-state index is 0.0448. The zero-order valence-corrected chi connectivity index (χ0v) is 14.2. The fourth-order valence-corrected chi connectivity index (χ4v) is 3.33. The molecular formula is C21H24N2O. The van der Waals surface area contributed by atoms with Gasteiger partial charge in [-0.3, -0.25) is 9.78 Å². The summed E-state index contributed by atoms with van der Waals surface area (Å²) in [7, 11) is 0. The normalized spacial score (nSPS) is 15.5. The Morgan fingerprint density at radius 3 is 2.58 bits per heavy atom. The number of pyridine rings is 1. The quantitative estimate of drug-likeness (QED) is 0.793. The number of allylic oxidation sites excluding steroid dienone is 1. The molecule has 1 amide bonds. The molecule has 3 nitrogen and oxygen atoms in total. The van der Waals surface area contributed by atoms with Gasteiger partial charge in [-0.25, -0.2) is 0 Å². The van der Waals surface area contributed by atoms with Crippen LogP contribution in [0.1, 0.15) is 37.7 Å². The number of nitrogens with one attached hydrogen (secondary N) is 1. The number of amides is 1. The third-order valence-electron chi connectivity index (χ3n) is 4.65. The number of rotatable bonds is 4. The van der Waals surface area contributed by atoms with Gasteiger partial charge in [0, 0.05) is 18.1 Å². The van der Waals surface area contributed by atoms with E-state index in [9.17, 15) is 4.79 Å². The van der Waals surface area contributed by atoms with Gasteiger partial charge in [-0.1, -0.05) is 31.4 Å². The summed E-state index contributed by atoms with van der Waals surface area (Å²) < 4.78 is 0. The molecule has 0 spiro atoms. The van der Waals surface area contributed by atoms with Crippen LogP contribution in [0.4, 0.5) is 5.69 Å². The Kier molecular flexibility index (Phi) is 5.42. The van der Waals surface area contributed by atoms with Crippen molar-refractivity contribution in [3.63, 3.8) is 0 Å². The topological polar surface area (TPSA) is 42.0 Å². The summed E-state index contributed by atoms with van der Waals surface area (Å²) in [5.41, 5.74) is 4.27. The molecule has 0 bridgehead atoms. The maximum atomic E-state index is 12.1. The van der Waals surface area contributed by atoms with E-state index in [4.69, 9.17) is 0 Å². The molecule has 3 rings (SSSR count). The van der Waals surface area contributed by atoms with Gasteiger partial charge >= 0.3 is 0 Å². The summed E-state index contributed by atoms with van der Waals surface area (Å²) in [6.45, 7) is 2.06. The molecule has 1 saturated carbocycles. The molecule has 1 aliphatic carbocycles. The molecule has 1 aromatic carbocycles. The molecule has 1 fully saturated rings. The zero-order valence-electron chi connectivity index (χ0n) is 14.2. The van der Waals surface area contributed by atoms with Crippen LogP contribution in [0.2, 0.25) is 0 Å². The molecule has 0 radical (unpaired) electrons. The average molecular weight is 320 g/mol. The number of hydrogen-bond acceptors (Lipinski definition) is 2. The number of carbonyl (C=O) groups is 1. The lowest BCUT2D eigenvalue weighted by molar-refractivity contribution is -0.111. The maximum Gasteiger partial charge on any atom is 0.248 e. The van der Waals surface area contributed by atoms with Crippen molar-refractivity contribution in [3.05, 3.63) is 60.4 Å². The fraction of sp³-hybridized carbons (Fsp3) is 0.333. The molecule has 1 N–H and O–H groups in total. The van der Waals surface area contributed by atoms with E-state index in [1.165, 1.54) is 32.1 Å². The Bertz CT molecular complexity index is 716. The van der Waals surface area contributed by atoms with E-state index in [1.807, 2.05) is 30.3 Å². The lowest BCUT2D eigenvalue weighted by atomic mass is 9.89. The van der Waals surface area contributed by atoms with Crippen LogP contribution in [0, 0.1) is 12.8 Å². The second-order valence-electron chi connectivity index (χ2n) is 6.51. The van der Waals surface area contributed by atoms with Crippen molar-refractivity contribution in [2.75, 3.05) is 5.32 Å². The average Bonchev–Trinajstić information content (AvgIpc) is 2.62. The van der Waals surface area contributed by atoms with Gasteiger partial charge < -0.3 is 5.32 Å². The molecule has 24 heavy (non-hydrogen) atoms. The molecule has 1 aromatic heterocycles. The number of nitrogens with zero attached hydrogens (tertiary/aromatic N) is 1. The monoisotopic (exact) mass is 320 g/mol. The summed E-state index contributed by atoms with van der Waals surface area (Å²) in [6.07, 6.45) is 13.7. The van der Waals surface area contributed by atoms with Crippen LogP contribution in [0.25, 0.3) is 11.1 Å². The van der Waals surface area contributed by atoms with E-state index >= 15 is 0 Å². The maximum absolute atomic E-state index is 12.1. The van der Waals surface area contributed by atoms with Gasteiger partial charge in [0.1, 0.15) is 0 Å². The number of hydrogen-bond donors (Lipinski definition) is 1. The second kappa shape index (κ2) is 7.91. The minimum Gasteiger partial charge on any atom is -0.323 e. The minimum atomic E-state index is -0.0448. The Morgan fingerprint density at radius 2 is 1.88 bits per heavy atom. The molecule has 1 heterocycles. The van der Waals surface area contributed by atoms with E-state index in [2.05, 4.69) is 23.3 Å². The molecular weight excluding hydrogens is 296 g/mol. The summed E-state index contributed by atoms with van der Waals surface area (Å²) >= 11 is 0. The van der Waals surface area contributed by atoms with Crippen LogP contribution < -0.4 is 5.32 Å². The summed E-state index contributed by atoms with van der Waals surface area (Å²) in [4.78, 5) is 16.2. The molecule has 0 aliphatic heterocycles. The van der Waals surface area contributed by atoms with Crippen molar-refractivity contribution in [1.29, 1.82) is 0 Å². The van der Waals surface area contributed by atoms with Crippen LogP contribution >= 0.6 is 0 Å². The lowest BCUT2D eigenvalue weighted by Gasteiger charge is -2.17. The van der Waals surface area contributed by atoms with Gasteiger partial charge in [0.15, 0.2) is 0 Å². The van der Waals surface area contributed by atoms with E-state index in [0.29, 0.717) is 5.92 Å². The standard InChI is InChI=1S/C21H24N2O/c1-16-15-19(8-9-20(16)18-11-13-22-14-12-18)23-21(24)10-7-17-5-3-2-4-6-17/h7-15,17H,2-6H2,1H3,(H,23,24)/b10-7+. The molecule has 0 unspecified atom stereocenters. The number of anilines is 1. The highest BCUT2D eigenvalue weighted by Gasteiger charge is 2.10. The molecule has 0 atom stereocenters. The summed E-state index contributed by atoms with van der Waals surface area (Å²) in [5.74, 6) is 0.525. The Balaban J connectivity index is 1.64. The van der Waals surface area contributed by atoms with Gasteiger partial charge in [0.05, 0.1) is 0 Å². The smallest absolute Gasteiger partial charge is 0.248 e. The van der Waals surface area contributed by atoms with Crippen molar-refractivity contribution in [2.24, 2.45) is 5.92 Å². The Hall–Kier alpha value is -2.42. The van der Waals surface area contributed by atoms with E-state index in [0.717, 1.165) is 22.4 Å². The predicted molar refractivity (Wildman–Crippen MR) is 98.8 cm³/mol. The van der Waals surface area contributed by atoms with Crippen molar-refractivity contribution in [3.8, 4) is 11.1 Å². The summed E-state index contributed by atoms with van der Waals surface area (Å²) in [6, 6.07) is 10.0. The fourth-order valence-electron chi connectivity index (χ4n) is 3.33. The van der Waals surface area contributed by atoms with Crippen molar-refractivity contribution >= 4 is 11.6 Å². The van der Waals surface area contributed by atoms with Crippen LogP contribution in [0.15, 0.2) is 54.9 Å². The van der Waals surface area contributed by atoms with Gasteiger partial charge in [-0.15, -0.1) is 0 Å². The second-order valence-corrected chi connectivity index (χ2v) is 6.51. The highest BCUT2D eigenvalue weighted by Crippen LogP contribution is 2.26. The molecule has 3 heteroatoms. The molecule has 1 aliphatic rings. The summed E-state index contributed by atoms with van der Waals surface area (Å²) in [5, 5.41) is 2.96. The van der Waals surface area contributed by atoms with E-state index in [-0.39, 0.29) is 5.91 Å². The first kappa shape index (κ1) is 16.4. The van der Waals surface area contributed by atoms with Gasteiger partial charge in [0.2, 0.25) is 5.91 Å². The number of carbonyl (C=O) groups excluding carboxylic acids is 1. The number of aromatic nitrogens is 1. The zero-order chi connectivity index (χ0) is 16.8. The predicted octanol–water partition coefficient (Wildman–Crippen LogP) is 5.13. The first-order chi connectivity index (χ1) is 11.7. The van der Waals surface area contributed by atoms with Crippen molar-refractivity contribution in [2.45, 2.75) is 39.0 Å².